The average Bonchev–Trinajstić information content (AvgIpc) is 3.18. The maximum Gasteiger partial charge on any atom is 0.234 e. The number of fused-ring (bicyclic) bond motifs is 1. The summed E-state index contributed by atoms with van der Waals surface area (Å²) in [6.45, 7) is 0. The van der Waals surface area contributed by atoms with Gasteiger partial charge in [-0.15, -0.1) is 23.1 Å². The predicted molar refractivity (Wildman–Crippen MR) is 121 cm³/mol. The number of hydrogen-bond acceptors (Lipinski definition) is 5. The van der Waals surface area contributed by atoms with Crippen molar-refractivity contribution in [2.75, 3.05) is 11.1 Å². The van der Waals surface area contributed by atoms with Gasteiger partial charge in [0.25, 0.3) is 0 Å². The van der Waals surface area contributed by atoms with Gasteiger partial charge in [0.05, 0.1) is 32.9 Å². The maximum atomic E-state index is 13.3. The summed E-state index contributed by atoms with van der Waals surface area (Å²) in [7, 11) is 0. The van der Waals surface area contributed by atoms with E-state index in [9.17, 15) is 9.18 Å². The number of hydrogen-bond donors (Lipinski definition) is 1. The van der Waals surface area contributed by atoms with Crippen LogP contribution < -0.4 is 5.32 Å². The van der Waals surface area contributed by atoms with Gasteiger partial charge < -0.3 is 5.32 Å². The molecule has 2 aromatic carbocycles. The highest BCUT2D eigenvalue weighted by Crippen LogP contribution is 2.34. The number of nitrogens with one attached hydrogen (secondary N) is 1. The van der Waals surface area contributed by atoms with Crippen molar-refractivity contribution >= 4 is 68.4 Å². The zero-order valence-electron chi connectivity index (χ0n) is 15.1. The van der Waals surface area contributed by atoms with E-state index in [0.717, 1.165) is 27.0 Å². The van der Waals surface area contributed by atoms with Crippen LogP contribution in [0.15, 0.2) is 70.0 Å². The molecule has 0 saturated carbocycles. The number of thiophene rings is 1. The molecule has 0 bridgehead atoms. The normalized spacial score (nSPS) is 13.2. The highest BCUT2D eigenvalue weighted by molar-refractivity contribution is 8.14. The predicted octanol–water partition coefficient (Wildman–Crippen LogP) is 6.47. The van der Waals surface area contributed by atoms with Crippen molar-refractivity contribution in [3.8, 4) is 0 Å². The maximum absolute atomic E-state index is 13.3. The molecular formula is C21H15ClFN3OS2. The van der Waals surface area contributed by atoms with Crippen LogP contribution in [0.1, 0.15) is 11.3 Å². The molecule has 0 atom stereocenters. The van der Waals surface area contributed by atoms with Crippen LogP contribution in [0.4, 0.5) is 21.5 Å². The highest BCUT2D eigenvalue weighted by atomic mass is 35.5. The standard InChI is InChI=1S/C21H15ClFN3OS2/c22-14-10-13(7-8-15(14)23)24-20(27)12-29-21-11-18(19-6-3-9-28-19)25-16-4-1-2-5-17(16)26-21/h1-10H,11-12H2,(H,24,27). The van der Waals surface area contributed by atoms with E-state index in [4.69, 9.17) is 21.6 Å². The third-order valence-electron chi connectivity index (χ3n) is 4.08. The van der Waals surface area contributed by atoms with Gasteiger partial charge in [-0.3, -0.25) is 4.79 Å². The van der Waals surface area contributed by atoms with E-state index in [0.29, 0.717) is 12.1 Å². The first-order chi connectivity index (χ1) is 14.1. The molecule has 4 rings (SSSR count). The van der Waals surface area contributed by atoms with Crippen LogP contribution in [-0.2, 0) is 4.79 Å². The van der Waals surface area contributed by atoms with Crippen molar-refractivity contribution in [1.82, 2.24) is 0 Å². The fourth-order valence-corrected chi connectivity index (χ4v) is 4.41. The Morgan fingerprint density at radius 2 is 1.93 bits per heavy atom. The Morgan fingerprint density at radius 1 is 1.14 bits per heavy atom. The number of nitrogens with zero attached hydrogens (tertiary/aromatic N) is 2. The summed E-state index contributed by atoms with van der Waals surface area (Å²) in [4.78, 5) is 22.9. The van der Waals surface area contributed by atoms with Crippen molar-refractivity contribution in [2.45, 2.75) is 6.42 Å². The first-order valence-corrected chi connectivity index (χ1v) is 11.0. The fraction of sp³-hybridized carbons (Fsp3) is 0.0952. The molecule has 0 radical (unpaired) electrons. The Morgan fingerprint density at radius 3 is 2.66 bits per heavy atom. The molecule has 0 saturated heterocycles. The van der Waals surface area contributed by atoms with Gasteiger partial charge in [-0.1, -0.05) is 29.8 Å². The molecular weight excluding hydrogens is 429 g/mol. The van der Waals surface area contributed by atoms with E-state index in [1.165, 1.54) is 30.0 Å². The Balaban J connectivity index is 1.49. The Labute approximate surface area is 180 Å². The van der Waals surface area contributed by atoms with Gasteiger partial charge in [0, 0.05) is 17.0 Å². The molecule has 2 heterocycles. The molecule has 29 heavy (non-hydrogen) atoms. The van der Waals surface area contributed by atoms with Gasteiger partial charge in [-0.2, -0.15) is 0 Å². The number of rotatable bonds is 4. The smallest absolute Gasteiger partial charge is 0.234 e. The first kappa shape index (κ1) is 19.8. The van der Waals surface area contributed by atoms with Crippen LogP contribution in [-0.4, -0.2) is 22.4 Å². The lowest BCUT2D eigenvalue weighted by atomic mass is 10.2. The van der Waals surface area contributed by atoms with Crippen molar-refractivity contribution in [2.24, 2.45) is 9.98 Å². The lowest BCUT2D eigenvalue weighted by Gasteiger charge is -2.08. The molecule has 8 heteroatoms. The van der Waals surface area contributed by atoms with Crippen LogP contribution in [0.3, 0.4) is 0 Å². The molecule has 1 aliphatic rings. The van der Waals surface area contributed by atoms with Crippen molar-refractivity contribution < 1.29 is 9.18 Å². The number of anilines is 1. The molecule has 3 aromatic rings. The van der Waals surface area contributed by atoms with Crippen LogP contribution in [0, 0.1) is 5.82 Å². The van der Waals surface area contributed by atoms with Crippen LogP contribution in [0.2, 0.25) is 5.02 Å². The van der Waals surface area contributed by atoms with Gasteiger partial charge in [-0.25, -0.2) is 14.4 Å². The first-order valence-electron chi connectivity index (χ1n) is 8.74. The van der Waals surface area contributed by atoms with E-state index in [1.807, 2.05) is 41.8 Å². The molecule has 1 aliphatic heterocycles. The summed E-state index contributed by atoms with van der Waals surface area (Å²) in [6, 6.07) is 15.8. The van der Waals surface area contributed by atoms with Crippen molar-refractivity contribution in [1.29, 1.82) is 0 Å². The Hall–Kier alpha value is -2.48. The highest BCUT2D eigenvalue weighted by Gasteiger charge is 2.17. The lowest BCUT2D eigenvalue weighted by molar-refractivity contribution is -0.113. The fourth-order valence-electron chi connectivity index (χ4n) is 2.74. The third kappa shape index (κ3) is 4.93. The second-order valence-corrected chi connectivity index (χ2v) is 8.58. The quantitative estimate of drug-likeness (QED) is 0.502. The van der Waals surface area contributed by atoms with Gasteiger partial charge in [0.2, 0.25) is 5.91 Å². The number of amides is 1. The molecule has 4 nitrogen and oxygen atoms in total. The zero-order valence-corrected chi connectivity index (χ0v) is 17.5. The minimum atomic E-state index is -0.522. The zero-order chi connectivity index (χ0) is 20.2. The molecule has 146 valence electrons. The second-order valence-electron chi connectivity index (χ2n) is 6.17. The number of thioether (sulfide) groups is 1. The van der Waals surface area contributed by atoms with Crippen LogP contribution >= 0.6 is 34.7 Å². The number of halogens is 2. The second kappa shape index (κ2) is 8.90. The minimum absolute atomic E-state index is 0.0306. The largest absolute Gasteiger partial charge is 0.325 e. The van der Waals surface area contributed by atoms with E-state index < -0.39 is 5.82 Å². The molecule has 0 aliphatic carbocycles. The molecule has 0 spiro atoms. The third-order valence-corrected chi connectivity index (χ3v) is 6.26. The monoisotopic (exact) mass is 443 g/mol. The van der Waals surface area contributed by atoms with E-state index in [2.05, 4.69) is 5.32 Å². The molecule has 1 amide bonds. The minimum Gasteiger partial charge on any atom is -0.325 e. The summed E-state index contributed by atoms with van der Waals surface area (Å²) in [5, 5.41) is 5.53. The van der Waals surface area contributed by atoms with Gasteiger partial charge in [0.1, 0.15) is 5.82 Å². The SMILES string of the molecule is O=C(CSC1=Nc2ccccc2N=C(c2cccs2)C1)Nc1ccc(F)c(Cl)c1. The summed E-state index contributed by atoms with van der Waals surface area (Å²) in [5.41, 5.74) is 2.99. The van der Waals surface area contributed by atoms with E-state index in [-0.39, 0.29) is 16.7 Å². The molecule has 1 aromatic heterocycles. The number of carbonyl (C=O) groups is 1. The lowest BCUT2D eigenvalue weighted by Crippen LogP contribution is -2.16. The van der Waals surface area contributed by atoms with Gasteiger partial charge in [-0.05, 0) is 41.8 Å². The summed E-state index contributed by atoms with van der Waals surface area (Å²) < 4.78 is 13.3. The summed E-state index contributed by atoms with van der Waals surface area (Å²) >= 11 is 8.76. The van der Waals surface area contributed by atoms with Gasteiger partial charge in [0.15, 0.2) is 0 Å². The topological polar surface area (TPSA) is 53.8 Å². The van der Waals surface area contributed by atoms with Gasteiger partial charge >= 0.3 is 0 Å². The van der Waals surface area contributed by atoms with Crippen molar-refractivity contribution in [3.63, 3.8) is 0 Å². The van der Waals surface area contributed by atoms with Crippen molar-refractivity contribution in [3.05, 3.63) is 75.7 Å². The Kier molecular flexibility index (Phi) is 6.08. The van der Waals surface area contributed by atoms with E-state index >= 15 is 0 Å². The summed E-state index contributed by atoms with van der Waals surface area (Å²) in [6.07, 6.45) is 0.551. The molecule has 0 fully saturated rings. The van der Waals surface area contributed by atoms with Crippen LogP contribution in [0.25, 0.3) is 0 Å². The molecule has 1 N–H and O–H groups in total. The number of aliphatic imine (C=N–C) groups is 2. The average molecular weight is 444 g/mol. The number of para-hydroxylation sites is 2. The summed E-state index contributed by atoms with van der Waals surface area (Å²) in [5.74, 6) is -0.563. The number of carbonyl (C=O) groups excluding carboxylic acids is 1. The molecule has 0 unspecified atom stereocenters. The van der Waals surface area contributed by atoms with Crippen LogP contribution in [0.5, 0.6) is 0 Å². The number of benzene rings is 2. The Bertz CT molecular complexity index is 1110. The van der Waals surface area contributed by atoms with E-state index in [1.54, 1.807) is 11.3 Å².